The van der Waals surface area contributed by atoms with Crippen molar-refractivity contribution in [3.05, 3.63) is 24.3 Å². The molecule has 1 aliphatic rings. The van der Waals surface area contributed by atoms with E-state index < -0.39 is 10.0 Å². The van der Waals surface area contributed by atoms with Crippen LogP contribution in [0.1, 0.15) is 40.0 Å². The van der Waals surface area contributed by atoms with Gasteiger partial charge >= 0.3 is 0 Å². The molecule has 0 aliphatic carbocycles. The Labute approximate surface area is 127 Å². The highest BCUT2D eigenvalue weighted by Crippen LogP contribution is 2.24. The van der Waals surface area contributed by atoms with Gasteiger partial charge in [-0.15, -0.1) is 0 Å². The second-order valence-electron chi connectivity index (χ2n) is 5.67. The number of rotatable bonds is 5. The van der Waals surface area contributed by atoms with Crippen molar-refractivity contribution in [2.75, 3.05) is 12.0 Å². The van der Waals surface area contributed by atoms with E-state index in [1.807, 2.05) is 12.1 Å². The molecule has 0 radical (unpaired) electrons. The number of sulfonamides is 1. The van der Waals surface area contributed by atoms with E-state index in [9.17, 15) is 8.42 Å². The summed E-state index contributed by atoms with van der Waals surface area (Å²) in [6.07, 6.45) is 3.63. The van der Waals surface area contributed by atoms with E-state index in [-0.39, 0.29) is 0 Å². The number of benzene rings is 1. The molecule has 1 aliphatic heterocycles. The molecule has 0 amide bonds. The Bertz CT molecular complexity index is 547. The van der Waals surface area contributed by atoms with Gasteiger partial charge < -0.3 is 5.43 Å². The molecule has 6 heteroatoms. The molecule has 0 saturated carbocycles. The van der Waals surface area contributed by atoms with Crippen LogP contribution in [0, 0.1) is 0 Å². The fraction of sp³-hybridized carbons (Fsp3) is 0.600. The van der Waals surface area contributed by atoms with E-state index in [0.29, 0.717) is 23.5 Å². The van der Waals surface area contributed by atoms with Gasteiger partial charge in [-0.3, -0.25) is 0 Å². The minimum Gasteiger partial charge on any atom is -0.318 e. The maximum Gasteiger partial charge on any atom is 0.240 e. The summed E-state index contributed by atoms with van der Waals surface area (Å²) in [4.78, 5) is 0.301. The zero-order valence-electron chi connectivity index (χ0n) is 13.0. The van der Waals surface area contributed by atoms with Crippen molar-refractivity contribution < 1.29 is 8.42 Å². The van der Waals surface area contributed by atoms with Gasteiger partial charge in [-0.05, 0) is 51.0 Å². The number of nitrogens with zero attached hydrogens (tertiary/aromatic N) is 1. The first-order valence-corrected chi connectivity index (χ1v) is 9.07. The predicted octanol–water partition coefficient (Wildman–Crippen LogP) is 2.57. The summed E-state index contributed by atoms with van der Waals surface area (Å²) in [7, 11) is -3.37. The average molecular weight is 311 g/mol. The van der Waals surface area contributed by atoms with Gasteiger partial charge in [0.05, 0.1) is 4.90 Å². The summed E-state index contributed by atoms with van der Waals surface area (Å²) in [6, 6.07) is 7.88. The van der Waals surface area contributed by atoms with Crippen LogP contribution in [0.2, 0.25) is 0 Å². The Balaban J connectivity index is 2.09. The van der Waals surface area contributed by atoms with Crippen LogP contribution in [0.3, 0.4) is 0 Å². The zero-order valence-corrected chi connectivity index (χ0v) is 13.8. The van der Waals surface area contributed by atoms with Crippen molar-refractivity contribution in [2.24, 2.45) is 0 Å². The molecule has 2 atom stereocenters. The van der Waals surface area contributed by atoms with Crippen molar-refractivity contribution in [3.63, 3.8) is 0 Å². The highest BCUT2D eigenvalue weighted by molar-refractivity contribution is 7.89. The lowest BCUT2D eigenvalue weighted by atomic mass is 10.00. The molecule has 1 aromatic carbocycles. The lowest BCUT2D eigenvalue weighted by molar-refractivity contribution is 0.136. The fourth-order valence-corrected chi connectivity index (χ4v) is 3.81. The molecule has 0 aromatic heterocycles. The fourth-order valence-electron chi connectivity index (χ4n) is 2.77. The molecule has 1 heterocycles. The average Bonchev–Trinajstić information content (AvgIpc) is 2.43. The first-order valence-electron chi connectivity index (χ1n) is 7.58. The van der Waals surface area contributed by atoms with E-state index >= 15 is 0 Å². The summed E-state index contributed by atoms with van der Waals surface area (Å²) in [5.74, 6) is 0. The summed E-state index contributed by atoms with van der Waals surface area (Å²) < 4.78 is 26.3. The molecule has 1 saturated heterocycles. The molecule has 0 spiro atoms. The van der Waals surface area contributed by atoms with Crippen molar-refractivity contribution in [1.82, 2.24) is 9.73 Å². The van der Waals surface area contributed by atoms with Crippen molar-refractivity contribution in [2.45, 2.75) is 57.0 Å². The third-order valence-corrected chi connectivity index (χ3v) is 5.51. The second kappa shape index (κ2) is 6.77. The zero-order chi connectivity index (χ0) is 15.5. The SMILES string of the molecule is CCNS(=O)(=O)c1ccc(NN2C(C)CCCC2C)cc1. The van der Waals surface area contributed by atoms with Crippen LogP contribution in [0.5, 0.6) is 0 Å². The van der Waals surface area contributed by atoms with Crippen LogP contribution in [-0.2, 0) is 10.0 Å². The minimum absolute atomic E-state index is 0.301. The smallest absolute Gasteiger partial charge is 0.240 e. The Hall–Kier alpha value is -1.11. The Morgan fingerprint density at radius 1 is 1.14 bits per heavy atom. The Morgan fingerprint density at radius 2 is 1.71 bits per heavy atom. The van der Waals surface area contributed by atoms with Crippen molar-refractivity contribution >= 4 is 15.7 Å². The molecule has 21 heavy (non-hydrogen) atoms. The third-order valence-electron chi connectivity index (χ3n) is 3.95. The van der Waals surface area contributed by atoms with Crippen LogP contribution >= 0.6 is 0 Å². The van der Waals surface area contributed by atoms with Crippen LogP contribution in [0.4, 0.5) is 5.69 Å². The van der Waals surface area contributed by atoms with Crippen LogP contribution in [-0.4, -0.2) is 32.1 Å². The van der Waals surface area contributed by atoms with Crippen LogP contribution in [0.15, 0.2) is 29.2 Å². The van der Waals surface area contributed by atoms with E-state index in [1.165, 1.54) is 19.3 Å². The number of hydrazine groups is 1. The number of hydrogen-bond donors (Lipinski definition) is 2. The molecule has 1 fully saturated rings. The number of anilines is 1. The monoisotopic (exact) mass is 311 g/mol. The van der Waals surface area contributed by atoms with Gasteiger partial charge in [-0.25, -0.2) is 18.1 Å². The molecule has 0 bridgehead atoms. The van der Waals surface area contributed by atoms with Gasteiger partial charge in [0.1, 0.15) is 0 Å². The highest BCUT2D eigenvalue weighted by atomic mass is 32.2. The highest BCUT2D eigenvalue weighted by Gasteiger charge is 2.24. The van der Waals surface area contributed by atoms with E-state index in [4.69, 9.17) is 0 Å². The molecular formula is C15H25N3O2S. The molecule has 2 N–H and O–H groups in total. The summed E-state index contributed by atoms with van der Waals surface area (Å²) in [5, 5.41) is 2.26. The van der Waals surface area contributed by atoms with E-state index in [0.717, 1.165) is 5.69 Å². The summed E-state index contributed by atoms with van der Waals surface area (Å²) in [6.45, 7) is 6.59. The van der Waals surface area contributed by atoms with E-state index in [1.54, 1.807) is 19.1 Å². The maximum atomic E-state index is 11.9. The quantitative estimate of drug-likeness (QED) is 0.877. The van der Waals surface area contributed by atoms with Gasteiger partial charge in [-0.1, -0.05) is 13.3 Å². The largest absolute Gasteiger partial charge is 0.318 e. The lowest BCUT2D eigenvalue weighted by Gasteiger charge is -2.39. The lowest BCUT2D eigenvalue weighted by Crippen LogP contribution is -2.47. The molecular weight excluding hydrogens is 286 g/mol. The van der Waals surface area contributed by atoms with Crippen molar-refractivity contribution in [3.8, 4) is 0 Å². The molecule has 1 aromatic rings. The normalized spacial score (nSPS) is 24.0. The van der Waals surface area contributed by atoms with Crippen molar-refractivity contribution in [1.29, 1.82) is 0 Å². The molecule has 2 unspecified atom stereocenters. The standard InChI is InChI=1S/C15H25N3O2S/c1-4-16-21(19,20)15-10-8-14(9-11-15)17-18-12(2)6-5-7-13(18)3/h8-13,16-17H,4-7H2,1-3H3. The maximum absolute atomic E-state index is 11.9. The number of hydrogen-bond acceptors (Lipinski definition) is 4. The second-order valence-corrected chi connectivity index (χ2v) is 7.44. The Morgan fingerprint density at radius 3 is 2.24 bits per heavy atom. The predicted molar refractivity (Wildman–Crippen MR) is 85.5 cm³/mol. The first kappa shape index (κ1) is 16.3. The molecule has 118 valence electrons. The summed E-state index contributed by atoms with van der Waals surface area (Å²) >= 11 is 0. The number of nitrogens with one attached hydrogen (secondary N) is 2. The topological polar surface area (TPSA) is 61.4 Å². The third kappa shape index (κ3) is 3.96. The van der Waals surface area contributed by atoms with Gasteiger partial charge in [0.2, 0.25) is 10.0 Å². The van der Waals surface area contributed by atoms with Crippen LogP contribution < -0.4 is 10.1 Å². The Kier molecular flexibility index (Phi) is 5.24. The molecule has 5 nitrogen and oxygen atoms in total. The van der Waals surface area contributed by atoms with Gasteiger partial charge in [0.25, 0.3) is 0 Å². The van der Waals surface area contributed by atoms with Gasteiger partial charge in [0, 0.05) is 24.3 Å². The van der Waals surface area contributed by atoms with Gasteiger partial charge in [-0.2, -0.15) is 0 Å². The minimum atomic E-state index is -3.37. The van der Waals surface area contributed by atoms with Crippen LogP contribution in [0.25, 0.3) is 0 Å². The molecule has 2 rings (SSSR count). The summed E-state index contributed by atoms with van der Waals surface area (Å²) in [5.41, 5.74) is 4.33. The number of piperidine rings is 1. The van der Waals surface area contributed by atoms with Gasteiger partial charge in [0.15, 0.2) is 0 Å². The first-order chi connectivity index (χ1) is 9.94. The van der Waals surface area contributed by atoms with E-state index in [2.05, 4.69) is 29.0 Å².